The van der Waals surface area contributed by atoms with E-state index in [-0.39, 0.29) is 10.0 Å². The van der Waals surface area contributed by atoms with Crippen LogP contribution in [0.5, 0.6) is 5.75 Å². The number of nitrogens with one attached hydrogen (secondary N) is 1. The Kier molecular flexibility index (Phi) is 5.07. The molecule has 0 aromatic heterocycles. The Hall–Kier alpha value is -3.28. The summed E-state index contributed by atoms with van der Waals surface area (Å²) in [5, 5.41) is 40.2. The third-order valence-electron chi connectivity index (χ3n) is 6.21. The van der Waals surface area contributed by atoms with Crippen molar-refractivity contribution in [1.82, 2.24) is 0 Å². The summed E-state index contributed by atoms with van der Waals surface area (Å²) in [7, 11) is 1.53. The van der Waals surface area contributed by atoms with Gasteiger partial charge in [0.05, 0.1) is 41.3 Å². The van der Waals surface area contributed by atoms with E-state index >= 15 is 0 Å². The zero-order chi connectivity index (χ0) is 23.3. The lowest BCUT2D eigenvalue weighted by molar-refractivity contribution is -0.253. The molecule has 4 unspecified atom stereocenters. The summed E-state index contributed by atoms with van der Waals surface area (Å²) in [5.74, 6) is -2.34. The number of hydrogen-bond acceptors (Lipinski definition) is 7. The first-order chi connectivity index (χ1) is 15.2. The minimum atomic E-state index is -2.11. The van der Waals surface area contributed by atoms with Gasteiger partial charge in [-0.25, -0.2) is 0 Å². The van der Waals surface area contributed by atoms with Gasteiger partial charge in [-0.05, 0) is 35.4 Å². The first kappa shape index (κ1) is 21.9. The Morgan fingerprint density at radius 2 is 1.59 bits per heavy atom. The fourth-order valence-corrected chi connectivity index (χ4v) is 5.07. The number of nitrogens with zero attached hydrogens (tertiary/aromatic N) is 3. The second kappa shape index (κ2) is 7.40. The van der Waals surface area contributed by atoms with Crippen LogP contribution in [0.1, 0.15) is 30.1 Å². The van der Waals surface area contributed by atoms with Crippen LogP contribution in [0, 0.1) is 50.2 Å². The van der Waals surface area contributed by atoms with Gasteiger partial charge < -0.3 is 14.2 Å². The molecule has 0 amide bonds. The molecule has 2 heterocycles. The molecule has 9 heteroatoms. The van der Waals surface area contributed by atoms with Crippen molar-refractivity contribution in [2.45, 2.75) is 24.7 Å². The number of fused-ring (bicyclic) bond motifs is 2. The highest BCUT2D eigenvalue weighted by molar-refractivity contribution is 6.42. The molecule has 2 aliphatic rings. The fraction of sp³-hybridized carbons (Fsp3) is 0.304. The van der Waals surface area contributed by atoms with E-state index in [9.17, 15) is 15.8 Å². The van der Waals surface area contributed by atoms with E-state index in [4.69, 9.17) is 42.8 Å². The van der Waals surface area contributed by atoms with Crippen molar-refractivity contribution in [3.05, 3.63) is 63.6 Å². The van der Waals surface area contributed by atoms with Crippen molar-refractivity contribution in [3.63, 3.8) is 0 Å². The van der Waals surface area contributed by atoms with Gasteiger partial charge in [0, 0.05) is 6.92 Å². The fourth-order valence-electron chi connectivity index (χ4n) is 4.76. The lowest BCUT2D eigenvalue weighted by atomic mass is 9.52. The van der Waals surface area contributed by atoms with Crippen molar-refractivity contribution in [3.8, 4) is 24.0 Å². The summed E-state index contributed by atoms with van der Waals surface area (Å²) in [6, 6.07) is 17.5. The van der Waals surface area contributed by atoms with Crippen LogP contribution in [-0.4, -0.2) is 18.8 Å². The molecular weight excluding hydrogens is 451 g/mol. The molecule has 2 aromatic rings. The average Bonchev–Trinajstić information content (AvgIpc) is 2.98. The Labute approximate surface area is 194 Å². The van der Waals surface area contributed by atoms with Crippen molar-refractivity contribution in [1.29, 1.82) is 21.2 Å². The smallest absolute Gasteiger partial charge is 0.218 e. The Morgan fingerprint density at radius 3 is 2.12 bits per heavy atom. The molecule has 2 fully saturated rings. The summed E-state index contributed by atoms with van der Waals surface area (Å²) in [4.78, 5) is 0. The summed E-state index contributed by atoms with van der Waals surface area (Å²) in [6.07, 6.45) is -1.23. The Bertz CT molecular complexity index is 1230. The molecule has 2 bridgehead atoms. The number of halogens is 2. The molecule has 2 aliphatic heterocycles. The average molecular weight is 467 g/mol. The van der Waals surface area contributed by atoms with E-state index in [1.165, 1.54) is 19.2 Å². The van der Waals surface area contributed by atoms with Crippen LogP contribution in [0.25, 0.3) is 0 Å². The monoisotopic (exact) mass is 466 g/mol. The molecule has 1 N–H and O–H groups in total. The number of ether oxygens (including phenoxy) is 3. The second-order valence-corrected chi connectivity index (χ2v) is 8.59. The van der Waals surface area contributed by atoms with Crippen LogP contribution in [0.3, 0.4) is 0 Å². The maximum atomic E-state index is 10.4. The van der Waals surface area contributed by atoms with E-state index < -0.39 is 34.5 Å². The molecule has 2 saturated heterocycles. The van der Waals surface area contributed by atoms with Crippen molar-refractivity contribution in [2.24, 2.45) is 10.8 Å². The van der Waals surface area contributed by atoms with Gasteiger partial charge in [-0.1, -0.05) is 41.4 Å². The van der Waals surface area contributed by atoms with Gasteiger partial charge in [0.2, 0.25) is 17.1 Å². The van der Waals surface area contributed by atoms with E-state index in [0.717, 1.165) is 0 Å². The van der Waals surface area contributed by atoms with Crippen LogP contribution in [0.4, 0.5) is 0 Å². The maximum Gasteiger partial charge on any atom is 0.218 e. The third kappa shape index (κ3) is 2.65. The lowest BCUT2D eigenvalue weighted by Crippen LogP contribution is -2.57. The van der Waals surface area contributed by atoms with Crippen LogP contribution in [0.2, 0.25) is 10.0 Å². The SMILES string of the molecule is COc1ccc(C2C3(C)OC(=N)C2(C#N)C(C#N)(C#N)C(c2ccc(Cl)c(Cl)c2)O3)cc1. The van der Waals surface area contributed by atoms with Gasteiger partial charge in [0.1, 0.15) is 11.9 Å². The first-order valence-corrected chi connectivity index (χ1v) is 10.3. The second-order valence-electron chi connectivity index (χ2n) is 7.78. The van der Waals surface area contributed by atoms with Crippen LogP contribution in [0.15, 0.2) is 42.5 Å². The molecule has 4 atom stereocenters. The number of hydrogen-bond donors (Lipinski definition) is 1. The van der Waals surface area contributed by atoms with E-state index in [1.807, 2.05) is 12.1 Å². The Balaban J connectivity index is 2.00. The normalized spacial score (nSPS) is 29.8. The molecule has 7 nitrogen and oxygen atoms in total. The number of rotatable bonds is 3. The van der Waals surface area contributed by atoms with Crippen LogP contribution in [-0.2, 0) is 9.47 Å². The van der Waals surface area contributed by atoms with E-state index in [1.54, 1.807) is 37.3 Å². The highest BCUT2D eigenvalue weighted by atomic mass is 35.5. The molecule has 0 saturated carbocycles. The van der Waals surface area contributed by atoms with Crippen molar-refractivity contribution >= 4 is 29.1 Å². The van der Waals surface area contributed by atoms with Gasteiger partial charge >= 0.3 is 0 Å². The number of methoxy groups -OCH3 is 1. The third-order valence-corrected chi connectivity index (χ3v) is 6.95. The van der Waals surface area contributed by atoms with E-state index in [0.29, 0.717) is 16.9 Å². The van der Waals surface area contributed by atoms with Crippen LogP contribution >= 0.6 is 23.2 Å². The van der Waals surface area contributed by atoms with Gasteiger partial charge in [-0.3, -0.25) is 5.41 Å². The zero-order valence-electron chi connectivity index (χ0n) is 17.0. The zero-order valence-corrected chi connectivity index (χ0v) is 18.5. The summed E-state index contributed by atoms with van der Waals surface area (Å²) in [6.45, 7) is 1.60. The first-order valence-electron chi connectivity index (χ1n) is 9.51. The van der Waals surface area contributed by atoms with Crippen molar-refractivity contribution in [2.75, 3.05) is 7.11 Å². The highest BCUT2D eigenvalue weighted by Gasteiger charge is 2.79. The molecule has 160 valence electrons. The lowest BCUT2D eigenvalue weighted by Gasteiger charge is -2.49. The molecule has 0 spiro atoms. The van der Waals surface area contributed by atoms with Gasteiger partial charge in [0.15, 0.2) is 5.41 Å². The maximum absolute atomic E-state index is 10.4. The summed E-state index contributed by atoms with van der Waals surface area (Å²) < 4.78 is 17.3. The minimum Gasteiger partial charge on any atom is -0.497 e. The molecule has 4 rings (SSSR count). The summed E-state index contributed by atoms with van der Waals surface area (Å²) >= 11 is 12.2. The van der Waals surface area contributed by atoms with Gasteiger partial charge in [-0.15, -0.1) is 0 Å². The number of nitriles is 3. The van der Waals surface area contributed by atoms with E-state index in [2.05, 4.69) is 6.07 Å². The molecule has 0 aliphatic carbocycles. The molecule has 2 aromatic carbocycles. The van der Waals surface area contributed by atoms with Crippen molar-refractivity contribution < 1.29 is 14.2 Å². The largest absolute Gasteiger partial charge is 0.497 e. The van der Waals surface area contributed by atoms with Crippen LogP contribution < -0.4 is 4.74 Å². The Morgan fingerprint density at radius 1 is 0.969 bits per heavy atom. The predicted octanol–water partition coefficient (Wildman–Crippen LogP) is 5.12. The summed E-state index contributed by atoms with van der Waals surface area (Å²) in [5.41, 5.74) is -3.12. The minimum absolute atomic E-state index is 0.203. The number of benzene rings is 2. The molecule has 0 radical (unpaired) electrons. The topological polar surface area (TPSA) is 123 Å². The van der Waals surface area contributed by atoms with Gasteiger partial charge in [-0.2, -0.15) is 15.8 Å². The highest BCUT2D eigenvalue weighted by Crippen LogP contribution is 2.69. The van der Waals surface area contributed by atoms with Gasteiger partial charge in [0.25, 0.3) is 0 Å². The molecular formula is C23H16Cl2N4O3. The predicted molar refractivity (Wildman–Crippen MR) is 115 cm³/mol. The molecule has 32 heavy (non-hydrogen) atoms. The quantitative estimate of drug-likeness (QED) is 0.668. The standard InChI is InChI=1S/C23H16Cl2N4O3/c1-21-18(13-3-6-15(30-2)7-4-13)23(12-28,20(29)32-21)22(10-26,11-27)19(31-21)14-5-8-16(24)17(25)9-14/h3-9,18-19,29H,1-2H3.